The summed E-state index contributed by atoms with van der Waals surface area (Å²) in [4.78, 5) is 1.03. The Morgan fingerprint density at radius 3 is 2.74 bits per heavy atom. The van der Waals surface area contributed by atoms with E-state index in [-0.39, 0.29) is 16.9 Å². The summed E-state index contributed by atoms with van der Waals surface area (Å²) in [5, 5.41) is 3.44. The van der Waals surface area contributed by atoms with Crippen molar-refractivity contribution < 1.29 is 4.39 Å². The van der Waals surface area contributed by atoms with Crippen LogP contribution in [0.5, 0.6) is 0 Å². The lowest BCUT2D eigenvalue weighted by atomic mass is 10.0. The second kappa shape index (κ2) is 6.68. The van der Waals surface area contributed by atoms with Gasteiger partial charge in [0.25, 0.3) is 0 Å². The molecule has 0 fully saturated rings. The maximum Gasteiger partial charge on any atom is 0.146 e. The van der Waals surface area contributed by atoms with Crippen LogP contribution in [0.4, 0.5) is 4.39 Å². The Bertz CT molecular complexity index is 569. The smallest absolute Gasteiger partial charge is 0.146 e. The molecule has 0 aliphatic carbocycles. The summed E-state index contributed by atoms with van der Waals surface area (Å²) < 4.78 is 16.1. The van der Waals surface area contributed by atoms with E-state index in [1.165, 1.54) is 0 Å². The highest BCUT2D eigenvalue weighted by atomic mass is 79.9. The number of benzene rings is 1. The molecule has 102 valence electrons. The molecule has 19 heavy (non-hydrogen) atoms. The predicted octanol–water partition coefficient (Wildman–Crippen LogP) is 5.76. The van der Waals surface area contributed by atoms with E-state index in [4.69, 9.17) is 11.6 Å². The maximum atomic E-state index is 14.2. The van der Waals surface area contributed by atoms with Gasteiger partial charge in [0.1, 0.15) is 5.82 Å². The highest BCUT2D eigenvalue weighted by molar-refractivity contribution is 9.13. The summed E-state index contributed by atoms with van der Waals surface area (Å²) in [6.45, 7) is 2.73. The minimum absolute atomic E-state index is 0.148. The third kappa shape index (κ3) is 3.39. The summed E-state index contributed by atoms with van der Waals surface area (Å²) in [5.41, 5.74) is 0.565. The van der Waals surface area contributed by atoms with E-state index in [0.717, 1.165) is 19.7 Å². The first kappa shape index (κ1) is 15.4. The zero-order valence-corrected chi connectivity index (χ0v) is 14.8. The molecule has 6 heteroatoms. The second-order valence-electron chi connectivity index (χ2n) is 3.90. The molecule has 0 aliphatic heterocycles. The topological polar surface area (TPSA) is 12.0 Å². The number of nitrogens with one attached hydrogen (secondary N) is 1. The van der Waals surface area contributed by atoms with Crippen molar-refractivity contribution in [3.05, 3.63) is 53.8 Å². The van der Waals surface area contributed by atoms with Crippen LogP contribution in [0.15, 0.2) is 32.5 Å². The Hall–Kier alpha value is 0.0600. The van der Waals surface area contributed by atoms with Crippen LogP contribution < -0.4 is 5.32 Å². The van der Waals surface area contributed by atoms with E-state index in [9.17, 15) is 4.39 Å². The van der Waals surface area contributed by atoms with E-state index in [1.54, 1.807) is 29.5 Å². The molecule has 2 aromatic rings. The zero-order chi connectivity index (χ0) is 14.0. The van der Waals surface area contributed by atoms with Crippen LogP contribution in [0.3, 0.4) is 0 Å². The number of thiophene rings is 1. The lowest BCUT2D eigenvalue weighted by molar-refractivity contribution is 0.563. The monoisotopic (exact) mass is 425 g/mol. The van der Waals surface area contributed by atoms with E-state index in [0.29, 0.717) is 5.56 Å². The lowest BCUT2D eigenvalue weighted by Gasteiger charge is -2.18. The molecule has 1 aromatic heterocycles. The Morgan fingerprint density at radius 2 is 2.16 bits per heavy atom. The van der Waals surface area contributed by atoms with Crippen LogP contribution >= 0.6 is 54.8 Å². The fourth-order valence-corrected chi connectivity index (χ4v) is 4.18. The summed E-state index contributed by atoms with van der Waals surface area (Å²) in [7, 11) is 0. The molecule has 1 aromatic carbocycles. The van der Waals surface area contributed by atoms with Crippen LogP contribution in [-0.2, 0) is 0 Å². The molecule has 1 atom stereocenters. The standard InChI is InChI=1S/C13H11Br2ClFNS/c1-2-18-12(10-6-8(14)13(15)19-10)7-4-3-5-9(16)11(7)17/h3-6,12,18H,2H2,1H3. The van der Waals surface area contributed by atoms with Crippen LogP contribution in [0.1, 0.15) is 23.4 Å². The molecule has 0 bridgehead atoms. The second-order valence-corrected chi connectivity index (χ2v) is 7.57. The molecule has 1 N–H and O–H groups in total. The van der Waals surface area contributed by atoms with E-state index < -0.39 is 0 Å². The van der Waals surface area contributed by atoms with Crippen molar-refractivity contribution in [3.8, 4) is 0 Å². The number of hydrogen-bond acceptors (Lipinski definition) is 2. The Labute approximate surface area is 137 Å². The van der Waals surface area contributed by atoms with Crippen molar-refractivity contribution in [2.75, 3.05) is 6.54 Å². The molecule has 2 rings (SSSR count). The Kier molecular flexibility index (Phi) is 5.43. The quantitative estimate of drug-likeness (QED) is 0.654. The minimum atomic E-state index is -0.365. The molecule has 1 unspecified atom stereocenters. The first-order valence-corrected chi connectivity index (χ1v) is 8.44. The molecule has 0 saturated carbocycles. The van der Waals surface area contributed by atoms with Crippen molar-refractivity contribution in [2.45, 2.75) is 13.0 Å². The molecular formula is C13H11Br2ClFNS. The first-order chi connectivity index (χ1) is 9.04. The largest absolute Gasteiger partial charge is 0.306 e. The third-order valence-corrected chi connectivity index (χ3v) is 6.26. The molecule has 0 radical (unpaired) electrons. The van der Waals surface area contributed by atoms with Crippen molar-refractivity contribution in [2.24, 2.45) is 0 Å². The van der Waals surface area contributed by atoms with Gasteiger partial charge >= 0.3 is 0 Å². The fourth-order valence-electron chi connectivity index (χ4n) is 1.82. The Balaban J connectivity index is 2.48. The summed E-state index contributed by atoms with van der Waals surface area (Å²) >= 11 is 14.4. The number of hydrogen-bond donors (Lipinski definition) is 1. The molecule has 0 saturated heterocycles. The highest BCUT2D eigenvalue weighted by Crippen LogP contribution is 2.38. The average molecular weight is 428 g/mol. The first-order valence-electron chi connectivity index (χ1n) is 5.66. The van der Waals surface area contributed by atoms with Crippen molar-refractivity contribution in [1.29, 1.82) is 0 Å². The summed E-state index contributed by atoms with van der Waals surface area (Å²) in [6.07, 6.45) is 0. The molecule has 0 amide bonds. The van der Waals surface area contributed by atoms with Crippen molar-refractivity contribution in [3.63, 3.8) is 0 Å². The van der Waals surface area contributed by atoms with Gasteiger partial charge in [-0.25, -0.2) is 4.39 Å². The Morgan fingerprint density at radius 1 is 1.42 bits per heavy atom. The van der Waals surface area contributed by atoms with Crippen molar-refractivity contribution in [1.82, 2.24) is 5.32 Å². The number of rotatable bonds is 4. The van der Waals surface area contributed by atoms with Gasteiger partial charge in [0, 0.05) is 14.9 Å². The van der Waals surface area contributed by atoms with Gasteiger partial charge in [-0.1, -0.05) is 30.7 Å². The third-order valence-electron chi connectivity index (χ3n) is 2.65. The average Bonchev–Trinajstić information content (AvgIpc) is 2.70. The SMILES string of the molecule is CCNC(c1cc(Br)c(Br)s1)c1cccc(Cl)c1F. The van der Waals surface area contributed by atoms with E-state index >= 15 is 0 Å². The van der Waals surface area contributed by atoms with E-state index in [2.05, 4.69) is 37.2 Å². The van der Waals surface area contributed by atoms with Gasteiger partial charge in [-0.2, -0.15) is 0 Å². The maximum absolute atomic E-state index is 14.2. The van der Waals surface area contributed by atoms with Gasteiger partial charge < -0.3 is 5.32 Å². The highest BCUT2D eigenvalue weighted by Gasteiger charge is 2.21. The van der Waals surface area contributed by atoms with E-state index in [1.807, 2.05) is 13.0 Å². The summed E-state index contributed by atoms with van der Waals surface area (Å²) in [5.74, 6) is -0.365. The van der Waals surface area contributed by atoms with Gasteiger partial charge in [-0.3, -0.25) is 0 Å². The van der Waals surface area contributed by atoms with Gasteiger partial charge in [0.15, 0.2) is 0 Å². The molecule has 1 heterocycles. The molecule has 0 aliphatic rings. The van der Waals surface area contributed by atoms with Crippen LogP contribution in [-0.4, -0.2) is 6.54 Å². The minimum Gasteiger partial charge on any atom is -0.306 e. The predicted molar refractivity (Wildman–Crippen MR) is 86.6 cm³/mol. The van der Waals surface area contributed by atoms with Gasteiger partial charge in [-0.15, -0.1) is 11.3 Å². The number of halogens is 4. The van der Waals surface area contributed by atoms with Crippen LogP contribution in [0.25, 0.3) is 0 Å². The van der Waals surface area contributed by atoms with Gasteiger partial charge in [-0.05, 0) is 50.5 Å². The van der Waals surface area contributed by atoms with Gasteiger partial charge in [0.05, 0.1) is 14.9 Å². The molecular weight excluding hydrogens is 416 g/mol. The normalized spacial score (nSPS) is 12.7. The summed E-state index contributed by atoms with van der Waals surface area (Å²) in [6, 6.07) is 6.88. The fraction of sp³-hybridized carbons (Fsp3) is 0.231. The van der Waals surface area contributed by atoms with Gasteiger partial charge in [0.2, 0.25) is 0 Å². The lowest BCUT2D eigenvalue weighted by Crippen LogP contribution is -2.22. The molecule has 0 spiro atoms. The van der Waals surface area contributed by atoms with Crippen LogP contribution in [0.2, 0.25) is 5.02 Å². The van der Waals surface area contributed by atoms with Crippen molar-refractivity contribution >= 4 is 54.8 Å². The van der Waals surface area contributed by atoms with Crippen LogP contribution in [0, 0.1) is 5.82 Å². The zero-order valence-electron chi connectivity index (χ0n) is 10.0. The molecule has 1 nitrogen and oxygen atoms in total.